The van der Waals surface area contributed by atoms with Gasteiger partial charge in [-0.1, -0.05) is 45.4 Å². The summed E-state index contributed by atoms with van der Waals surface area (Å²) >= 11 is 1.86. The molecule has 0 amide bonds. The van der Waals surface area contributed by atoms with E-state index >= 15 is 0 Å². The lowest BCUT2D eigenvalue weighted by Gasteiger charge is -2.35. The number of esters is 1. The zero-order valence-electron chi connectivity index (χ0n) is 16.9. The lowest BCUT2D eigenvalue weighted by atomic mass is 9.97. The molecule has 2 rings (SSSR count). The van der Waals surface area contributed by atoms with Crippen LogP contribution < -0.4 is 0 Å². The van der Waals surface area contributed by atoms with Gasteiger partial charge in [0.2, 0.25) is 0 Å². The van der Waals surface area contributed by atoms with Crippen molar-refractivity contribution in [3.05, 3.63) is 29.3 Å². The minimum Gasteiger partial charge on any atom is -0.465 e. The number of amidine groups is 1. The number of nitrogens with zero attached hydrogens (tertiary/aromatic N) is 2. The molecule has 2 unspecified atom stereocenters. The molecule has 1 fully saturated rings. The van der Waals surface area contributed by atoms with Gasteiger partial charge in [0.25, 0.3) is 0 Å². The molecule has 0 aliphatic carbocycles. The normalized spacial score (nSPS) is 21.1. The molecular weight excluding hydrogens is 344 g/mol. The fraction of sp³-hybridized carbons (Fsp3) is 0.619. The number of aryl methyl sites for hydroxylation is 1. The quantitative estimate of drug-likeness (QED) is 0.596. The zero-order chi connectivity index (χ0) is 19.3. The molecular formula is C21H32N2O2S. The predicted octanol–water partition coefficient (Wildman–Crippen LogP) is 5.42. The Morgan fingerprint density at radius 1 is 1.38 bits per heavy atom. The molecule has 0 aromatic heterocycles. The Morgan fingerprint density at radius 3 is 2.69 bits per heavy atom. The number of methoxy groups -OCH3 is 1. The fourth-order valence-corrected chi connectivity index (χ4v) is 4.89. The second kappa shape index (κ2) is 9.45. The van der Waals surface area contributed by atoms with Crippen molar-refractivity contribution in [2.75, 3.05) is 12.9 Å². The Labute approximate surface area is 162 Å². The number of aliphatic imine (C=N–C) groups is 1. The number of thioether (sulfide) groups is 1. The third-order valence-corrected chi connectivity index (χ3v) is 6.35. The van der Waals surface area contributed by atoms with E-state index in [1.54, 1.807) is 6.07 Å². The van der Waals surface area contributed by atoms with Gasteiger partial charge < -0.3 is 9.64 Å². The van der Waals surface area contributed by atoms with Crippen molar-refractivity contribution in [1.29, 1.82) is 0 Å². The number of hydrogen-bond acceptors (Lipinski definition) is 4. The van der Waals surface area contributed by atoms with E-state index in [4.69, 9.17) is 9.73 Å². The van der Waals surface area contributed by atoms with Crippen LogP contribution in [0.1, 0.15) is 62.9 Å². The lowest BCUT2D eigenvalue weighted by molar-refractivity contribution is 0.0600. The van der Waals surface area contributed by atoms with Crippen LogP contribution in [0.2, 0.25) is 0 Å². The summed E-state index contributed by atoms with van der Waals surface area (Å²) in [4.78, 5) is 19.2. The molecule has 144 valence electrons. The highest BCUT2D eigenvalue weighted by Gasteiger charge is 2.36. The molecule has 1 aliphatic rings. The maximum absolute atomic E-state index is 11.7. The van der Waals surface area contributed by atoms with E-state index in [-0.39, 0.29) is 5.97 Å². The monoisotopic (exact) mass is 376 g/mol. The summed E-state index contributed by atoms with van der Waals surface area (Å²) in [7, 11) is 1.41. The Morgan fingerprint density at radius 2 is 2.12 bits per heavy atom. The smallest absolute Gasteiger partial charge is 0.337 e. The van der Waals surface area contributed by atoms with Crippen LogP contribution in [0.15, 0.2) is 23.2 Å². The summed E-state index contributed by atoms with van der Waals surface area (Å²) in [6.07, 6.45) is 3.53. The first kappa shape index (κ1) is 20.8. The van der Waals surface area contributed by atoms with Gasteiger partial charge in [0.05, 0.1) is 18.4 Å². The highest BCUT2D eigenvalue weighted by molar-refractivity contribution is 8.14. The van der Waals surface area contributed by atoms with Crippen LogP contribution in [0, 0.1) is 12.8 Å². The van der Waals surface area contributed by atoms with Crippen molar-refractivity contribution < 1.29 is 9.53 Å². The summed E-state index contributed by atoms with van der Waals surface area (Å²) in [5.74, 6) is 1.44. The summed E-state index contributed by atoms with van der Waals surface area (Å²) in [6, 6.07) is 6.61. The first-order chi connectivity index (χ1) is 12.4. The molecule has 5 heteroatoms. The van der Waals surface area contributed by atoms with E-state index in [2.05, 4.69) is 32.6 Å². The molecule has 0 saturated carbocycles. The topological polar surface area (TPSA) is 41.9 Å². The molecule has 0 bridgehead atoms. The van der Waals surface area contributed by atoms with E-state index in [1.807, 2.05) is 30.8 Å². The van der Waals surface area contributed by atoms with Crippen LogP contribution >= 0.6 is 11.8 Å². The zero-order valence-corrected chi connectivity index (χ0v) is 17.7. The maximum Gasteiger partial charge on any atom is 0.337 e. The van der Waals surface area contributed by atoms with Gasteiger partial charge in [-0.15, -0.1) is 0 Å². The second-order valence-electron chi connectivity index (χ2n) is 7.20. The molecule has 1 aromatic carbocycles. The lowest BCUT2D eigenvalue weighted by Crippen LogP contribution is -2.44. The van der Waals surface area contributed by atoms with E-state index in [1.165, 1.54) is 26.4 Å². The Bertz CT molecular complexity index is 659. The largest absolute Gasteiger partial charge is 0.465 e. The third kappa shape index (κ3) is 4.61. The van der Waals surface area contributed by atoms with E-state index in [0.29, 0.717) is 23.6 Å². The van der Waals surface area contributed by atoms with Crippen molar-refractivity contribution in [2.24, 2.45) is 10.9 Å². The maximum atomic E-state index is 11.7. The summed E-state index contributed by atoms with van der Waals surface area (Å²) < 4.78 is 4.81. The van der Waals surface area contributed by atoms with Gasteiger partial charge in [0, 0.05) is 17.8 Å². The first-order valence-electron chi connectivity index (χ1n) is 9.61. The molecule has 3 atom stereocenters. The summed E-state index contributed by atoms with van der Waals surface area (Å²) in [5, 5.41) is 1.12. The molecule has 1 aliphatic heterocycles. The average Bonchev–Trinajstić information content (AvgIpc) is 3.05. The van der Waals surface area contributed by atoms with E-state index in [9.17, 15) is 4.79 Å². The number of carbonyl (C=O) groups excluding carboxylic acids is 1. The van der Waals surface area contributed by atoms with E-state index in [0.717, 1.165) is 22.2 Å². The van der Waals surface area contributed by atoms with Gasteiger partial charge in [-0.05, 0) is 49.9 Å². The van der Waals surface area contributed by atoms with Gasteiger partial charge >= 0.3 is 5.97 Å². The number of benzene rings is 1. The number of ether oxygens (including phenoxy) is 1. The third-order valence-electron chi connectivity index (χ3n) is 5.28. The van der Waals surface area contributed by atoms with Gasteiger partial charge in [-0.25, -0.2) is 9.79 Å². The second-order valence-corrected chi connectivity index (χ2v) is 8.18. The van der Waals surface area contributed by atoms with Gasteiger partial charge in [0.15, 0.2) is 5.17 Å². The summed E-state index contributed by atoms with van der Waals surface area (Å²) in [5.41, 5.74) is 2.50. The van der Waals surface area contributed by atoms with Gasteiger partial charge in [-0.3, -0.25) is 0 Å². The number of hydrogen-bond donors (Lipinski definition) is 0. The van der Waals surface area contributed by atoms with Gasteiger partial charge in [0.1, 0.15) is 0 Å². The van der Waals surface area contributed by atoms with Crippen LogP contribution in [-0.4, -0.2) is 41.0 Å². The Kier molecular flexibility index (Phi) is 7.56. The Hall–Kier alpha value is -1.49. The van der Waals surface area contributed by atoms with Crippen LogP contribution in [0.4, 0.5) is 5.69 Å². The van der Waals surface area contributed by atoms with E-state index < -0.39 is 0 Å². The van der Waals surface area contributed by atoms with Crippen LogP contribution in [0.3, 0.4) is 0 Å². The molecule has 0 spiro atoms. The van der Waals surface area contributed by atoms with Crippen LogP contribution in [-0.2, 0) is 4.74 Å². The van der Waals surface area contributed by atoms with Crippen LogP contribution in [0.25, 0.3) is 0 Å². The molecule has 0 radical (unpaired) electrons. The standard InChI is InChI=1S/C21H32N2O2S/c1-7-9-16(5)23-19(14(3)8-2)13-26-21(23)22-18-11-10-17(12-15(18)4)20(24)25-6/h10-12,14,16,19H,7-9,13H2,1-6H3/t14?,16?,19-/m1/s1. The highest BCUT2D eigenvalue weighted by atomic mass is 32.2. The summed E-state index contributed by atoms with van der Waals surface area (Å²) in [6.45, 7) is 11.2. The van der Waals surface area contributed by atoms with Gasteiger partial charge in [-0.2, -0.15) is 0 Å². The van der Waals surface area contributed by atoms with Crippen molar-refractivity contribution >= 4 is 28.6 Å². The number of carbonyl (C=O) groups is 1. The first-order valence-corrected chi connectivity index (χ1v) is 10.6. The fourth-order valence-electron chi connectivity index (χ4n) is 3.46. The van der Waals surface area contributed by atoms with Crippen molar-refractivity contribution in [1.82, 2.24) is 4.90 Å². The average molecular weight is 377 g/mol. The SMILES string of the molecule is CCCC(C)N1C(=Nc2ccc(C(=O)OC)cc2C)SC[C@@H]1C(C)CC. The van der Waals surface area contributed by atoms with Crippen molar-refractivity contribution in [3.8, 4) is 0 Å². The highest BCUT2D eigenvalue weighted by Crippen LogP contribution is 2.35. The minimum absolute atomic E-state index is 0.308. The molecule has 0 N–H and O–H groups in total. The minimum atomic E-state index is -0.308. The molecule has 26 heavy (non-hydrogen) atoms. The van der Waals surface area contributed by atoms with Crippen molar-refractivity contribution in [2.45, 2.75) is 66.0 Å². The van der Waals surface area contributed by atoms with Crippen LogP contribution in [0.5, 0.6) is 0 Å². The molecule has 1 heterocycles. The molecule has 4 nitrogen and oxygen atoms in total. The number of rotatable bonds is 7. The molecule has 1 saturated heterocycles. The van der Waals surface area contributed by atoms with Crippen molar-refractivity contribution in [3.63, 3.8) is 0 Å². The molecule has 1 aromatic rings. The predicted molar refractivity (Wildman–Crippen MR) is 112 cm³/mol. The Balaban J connectivity index is 2.33.